The average molecular weight is 270 g/mol. The zero-order valence-corrected chi connectivity index (χ0v) is 11.4. The lowest BCUT2D eigenvalue weighted by Gasteiger charge is -2.14. The van der Waals surface area contributed by atoms with Crippen LogP contribution >= 0.6 is 0 Å². The van der Waals surface area contributed by atoms with Crippen molar-refractivity contribution in [3.63, 3.8) is 0 Å². The molecule has 1 rings (SSSR count). The maximum atomic E-state index is 12.1. The fourth-order valence-corrected chi connectivity index (χ4v) is 2.99. The Kier molecular flexibility index (Phi) is 5.94. The molecule has 0 heterocycles. The van der Waals surface area contributed by atoms with Crippen LogP contribution in [0.3, 0.4) is 0 Å². The Labute approximate surface area is 109 Å². The van der Waals surface area contributed by atoms with Gasteiger partial charge in [0.1, 0.15) is 0 Å². The maximum Gasteiger partial charge on any atom is 0.269 e. The number of hydrogen-bond acceptors (Lipinski definition) is 4. The van der Waals surface area contributed by atoms with Crippen molar-refractivity contribution >= 4 is 16.5 Å². The van der Waals surface area contributed by atoms with Crippen LogP contribution in [0.15, 0.2) is 29.2 Å². The SMILES string of the molecule is CCCC(CS(=O)c1ccc([N+](=O)[O-])cc1)NC. The summed E-state index contributed by atoms with van der Waals surface area (Å²) in [5, 5.41) is 13.6. The highest BCUT2D eigenvalue weighted by Crippen LogP contribution is 2.15. The molecule has 0 aliphatic carbocycles. The summed E-state index contributed by atoms with van der Waals surface area (Å²) < 4.78 is 12.1. The molecule has 0 aliphatic heterocycles. The average Bonchev–Trinajstić information content (AvgIpc) is 2.38. The molecule has 1 aromatic rings. The number of nitrogens with one attached hydrogen (secondary N) is 1. The normalized spacial score (nSPS) is 14.1. The largest absolute Gasteiger partial charge is 0.316 e. The van der Waals surface area contributed by atoms with E-state index >= 15 is 0 Å². The monoisotopic (exact) mass is 270 g/mol. The fourth-order valence-electron chi connectivity index (χ4n) is 1.66. The first-order valence-corrected chi connectivity index (χ1v) is 7.20. The van der Waals surface area contributed by atoms with Crippen molar-refractivity contribution < 1.29 is 9.13 Å². The number of hydrogen-bond donors (Lipinski definition) is 1. The summed E-state index contributed by atoms with van der Waals surface area (Å²) in [5.74, 6) is 0.530. The minimum Gasteiger partial charge on any atom is -0.316 e. The molecular formula is C12H18N2O3S. The van der Waals surface area contributed by atoms with E-state index in [1.807, 2.05) is 7.05 Å². The lowest BCUT2D eigenvalue weighted by atomic mass is 10.2. The number of nitro groups is 1. The molecule has 0 saturated carbocycles. The molecule has 18 heavy (non-hydrogen) atoms. The molecular weight excluding hydrogens is 252 g/mol. The lowest BCUT2D eigenvalue weighted by Crippen LogP contribution is -2.30. The van der Waals surface area contributed by atoms with Crippen LogP contribution in [0.5, 0.6) is 0 Å². The summed E-state index contributed by atoms with van der Waals surface area (Å²) in [6, 6.07) is 6.12. The number of nitrogens with zero attached hydrogens (tertiary/aromatic N) is 1. The third-order valence-electron chi connectivity index (χ3n) is 2.71. The predicted octanol–water partition coefficient (Wildman–Crippen LogP) is 2.09. The minimum atomic E-state index is -1.12. The fraction of sp³-hybridized carbons (Fsp3) is 0.500. The first-order chi connectivity index (χ1) is 8.58. The molecule has 2 atom stereocenters. The van der Waals surface area contributed by atoms with Gasteiger partial charge in [-0.05, 0) is 25.6 Å². The Hall–Kier alpha value is -1.27. The molecule has 1 aromatic carbocycles. The summed E-state index contributed by atoms with van der Waals surface area (Å²) >= 11 is 0. The van der Waals surface area contributed by atoms with Crippen molar-refractivity contribution in [1.29, 1.82) is 0 Å². The minimum absolute atomic E-state index is 0.0227. The van der Waals surface area contributed by atoms with Gasteiger partial charge < -0.3 is 5.32 Å². The van der Waals surface area contributed by atoms with Gasteiger partial charge >= 0.3 is 0 Å². The van der Waals surface area contributed by atoms with Crippen LogP contribution in [0.25, 0.3) is 0 Å². The van der Waals surface area contributed by atoms with Gasteiger partial charge in [0, 0.05) is 28.8 Å². The van der Waals surface area contributed by atoms with Gasteiger partial charge in [-0.1, -0.05) is 13.3 Å². The number of rotatable bonds is 7. The van der Waals surface area contributed by atoms with Gasteiger partial charge in [-0.3, -0.25) is 14.3 Å². The summed E-state index contributed by atoms with van der Waals surface area (Å²) in [7, 11) is 0.733. The summed E-state index contributed by atoms with van der Waals surface area (Å²) in [6.45, 7) is 2.08. The van der Waals surface area contributed by atoms with Crippen molar-refractivity contribution in [2.45, 2.75) is 30.7 Å². The second kappa shape index (κ2) is 7.23. The first kappa shape index (κ1) is 14.8. The summed E-state index contributed by atoms with van der Waals surface area (Å²) in [5.41, 5.74) is 0.0227. The van der Waals surface area contributed by atoms with Gasteiger partial charge in [0.25, 0.3) is 5.69 Å². The second-order valence-electron chi connectivity index (χ2n) is 4.04. The van der Waals surface area contributed by atoms with E-state index in [9.17, 15) is 14.3 Å². The zero-order valence-electron chi connectivity index (χ0n) is 10.6. The van der Waals surface area contributed by atoms with Gasteiger partial charge in [-0.25, -0.2) is 0 Å². The van der Waals surface area contributed by atoms with E-state index < -0.39 is 15.7 Å². The molecule has 0 aliphatic rings. The molecule has 6 heteroatoms. The lowest BCUT2D eigenvalue weighted by molar-refractivity contribution is -0.384. The van der Waals surface area contributed by atoms with Crippen LogP contribution in [0.4, 0.5) is 5.69 Å². The summed E-state index contributed by atoms with van der Waals surface area (Å²) in [6.07, 6.45) is 2.00. The first-order valence-electron chi connectivity index (χ1n) is 5.88. The number of nitro benzene ring substituents is 1. The van der Waals surface area contributed by atoms with Crippen LogP contribution in [0, 0.1) is 10.1 Å². The van der Waals surface area contributed by atoms with E-state index in [0.29, 0.717) is 10.6 Å². The van der Waals surface area contributed by atoms with E-state index in [2.05, 4.69) is 12.2 Å². The van der Waals surface area contributed by atoms with E-state index in [1.54, 1.807) is 12.1 Å². The summed E-state index contributed by atoms with van der Waals surface area (Å²) in [4.78, 5) is 10.7. The van der Waals surface area contributed by atoms with Crippen molar-refractivity contribution in [1.82, 2.24) is 5.32 Å². The van der Waals surface area contributed by atoms with E-state index in [4.69, 9.17) is 0 Å². The quantitative estimate of drug-likeness (QED) is 0.608. The second-order valence-corrected chi connectivity index (χ2v) is 5.53. The Bertz CT molecular complexity index is 420. The van der Waals surface area contributed by atoms with Crippen LogP contribution in [-0.4, -0.2) is 28.0 Å². The molecule has 100 valence electrons. The van der Waals surface area contributed by atoms with Crippen molar-refractivity contribution in [2.75, 3.05) is 12.8 Å². The maximum absolute atomic E-state index is 12.1. The van der Waals surface area contributed by atoms with Gasteiger partial charge in [0.15, 0.2) is 0 Å². The molecule has 1 N–H and O–H groups in total. The van der Waals surface area contributed by atoms with E-state index in [1.165, 1.54) is 12.1 Å². The highest BCUT2D eigenvalue weighted by Gasteiger charge is 2.13. The molecule has 0 radical (unpaired) electrons. The van der Waals surface area contributed by atoms with Gasteiger partial charge in [-0.2, -0.15) is 0 Å². The van der Waals surface area contributed by atoms with Crippen LogP contribution < -0.4 is 5.32 Å². The van der Waals surface area contributed by atoms with Gasteiger partial charge in [0.2, 0.25) is 0 Å². The van der Waals surface area contributed by atoms with Crippen molar-refractivity contribution in [3.8, 4) is 0 Å². The Morgan fingerprint density at radius 1 is 1.39 bits per heavy atom. The highest BCUT2D eigenvalue weighted by molar-refractivity contribution is 7.85. The molecule has 0 saturated heterocycles. The Balaban J connectivity index is 2.69. The van der Waals surface area contributed by atoms with Crippen molar-refractivity contribution in [2.24, 2.45) is 0 Å². The zero-order chi connectivity index (χ0) is 13.5. The molecule has 0 spiro atoms. The van der Waals surface area contributed by atoms with Crippen LogP contribution in [0.1, 0.15) is 19.8 Å². The standard InChI is InChI=1S/C12H18N2O3S/c1-3-4-10(13-2)9-18(17)12-7-5-11(6-8-12)14(15)16/h5-8,10,13H,3-4,9H2,1-2H3. The van der Waals surface area contributed by atoms with E-state index in [0.717, 1.165) is 12.8 Å². The molecule has 0 aromatic heterocycles. The Morgan fingerprint density at radius 3 is 2.44 bits per heavy atom. The number of benzene rings is 1. The third-order valence-corrected chi connectivity index (χ3v) is 4.21. The van der Waals surface area contributed by atoms with Gasteiger partial charge in [0.05, 0.1) is 15.7 Å². The van der Waals surface area contributed by atoms with Crippen LogP contribution in [0.2, 0.25) is 0 Å². The molecule has 0 bridgehead atoms. The van der Waals surface area contributed by atoms with Crippen molar-refractivity contribution in [3.05, 3.63) is 34.4 Å². The molecule has 2 unspecified atom stereocenters. The number of non-ortho nitro benzene ring substituents is 1. The third kappa shape index (κ3) is 4.19. The predicted molar refractivity (Wildman–Crippen MR) is 72.1 cm³/mol. The molecule has 0 amide bonds. The van der Waals surface area contributed by atoms with Gasteiger partial charge in [-0.15, -0.1) is 0 Å². The topological polar surface area (TPSA) is 72.2 Å². The van der Waals surface area contributed by atoms with E-state index in [-0.39, 0.29) is 11.7 Å². The molecule has 0 fully saturated rings. The Morgan fingerprint density at radius 2 is 2.00 bits per heavy atom. The van der Waals surface area contributed by atoms with Crippen LogP contribution in [-0.2, 0) is 10.8 Å². The molecule has 5 nitrogen and oxygen atoms in total. The smallest absolute Gasteiger partial charge is 0.269 e. The highest BCUT2D eigenvalue weighted by atomic mass is 32.2.